The first-order valence-electron chi connectivity index (χ1n) is 15.4. The number of hydrogen-bond acceptors (Lipinski definition) is 8. The SMILES string of the molecule is C[SiH2]OC12C3(O[SiH2]C)C4(O[SiH2]C)C1(O[SiH2]C)C1(O[Si](C)(C)C)C2(O[Si](C)(C)C)C3(O[Si](C)(C)C)C41O[Si](C)(C)C. The second kappa shape index (κ2) is 8.61. The van der Waals surface area contributed by atoms with Gasteiger partial charge in [0.25, 0.3) is 0 Å². The van der Waals surface area contributed by atoms with Crippen LogP contribution in [0.1, 0.15) is 0 Å². The lowest BCUT2D eigenvalue weighted by Crippen LogP contribution is -3.53. The largest absolute Gasteiger partial charge is 0.410 e. The van der Waals surface area contributed by atoms with E-state index in [1.165, 1.54) is 0 Å². The maximum absolute atomic E-state index is 7.59. The summed E-state index contributed by atoms with van der Waals surface area (Å²) in [5.74, 6) is 0. The Morgan fingerprint density at radius 2 is 0.450 bits per heavy atom. The van der Waals surface area contributed by atoms with Crippen molar-refractivity contribution >= 4 is 72.3 Å². The van der Waals surface area contributed by atoms with Gasteiger partial charge in [-0.25, -0.2) is 0 Å². The summed E-state index contributed by atoms with van der Waals surface area (Å²) in [6, 6.07) is 0. The molecule has 6 aliphatic carbocycles. The van der Waals surface area contributed by atoms with E-state index >= 15 is 0 Å². The van der Waals surface area contributed by atoms with Crippen molar-refractivity contribution in [1.82, 2.24) is 0 Å². The Labute approximate surface area is 256 Å². The van der Waals surface area contributed by atoms with Crippen molar-refractivity contribution < 1.29 is 35.4 Å². The maximum atomic E-state index is 7.59. The molecular weight excluding hydrogens is 641 g/mol. The first kappa shape index (κ1) is 32.8. The van der Waals surface area contributed by atoms with Gasteiger partial charge in [0.15, 0.2) is 117 Å². The molecule has 232 valence electrons. The van der Waals surface area contributed by atoms with Gasteiger partial charge in [0, 0.05) is 0 Å². The molecule has 0 heterocycles. The standard InChI is InChI=1S/C24H56O8Si8/c1-33-25-17-18(26-34-2)20(28-36-4)19(17,27-35-3)23(31-39(11,12)13)21(17,29-37(5,6)7)22(18,30-38(8,9)10)24(20,23)32-40(14,15)16/h33-36H2,1-16H3. The maximum Gasteiger partial charge on any atom is 0.185 e. The molecule has 0 aromatic heterocycles. The first-order valence-corrected chi connectivity index (χ1v) is 37.0. The highest BCUT2D eigenvalue weighted by Crippen LogP contribution is 3.16. The monoisotopic (exact) mass is 696 g/mol. The summed E-state index contributed by atoms with van der Waals surface area (Å²) in [7, 11) is -12.4. The molecule has 6 aliphatic rings. The predicted molar refractivity (Wildman–Crippen MR) is 182 cm³/mol. The summed E-state index contributed by atoms with van der Waals surface area (Å²) in [5, 5.41) is 0. The first-order chi connectivity index (χ1) is 18.1. The van der Waals surface area contributed by atoms with Gasteiger partial charge in [-0.05, 0) is 78.6 Å². The molecule has 0 aromatic rings. The Balaban J connectivity index is 1.95. The second-order valence-electron chi connectivity index (χ2n) is 16.0. The molecule has 0 aliphatic heterocycles. The second-order valence-corrected chi connectivity index (χ2v) is 37.2. The molecule has 0 amide bonds. The lowest BCUT2D eigenvalue weighted by atomic mass is 8.87. The van der Waals surface area contributed by atoms with Gasteiger partial charge in [0.05, 0.1) is 0 Å². The summed E-state index contributed by atoms with van der Waals surface area (Å²) in [4.78, 5) is 0. The summed E-state index contributed by atoms with van der Waals surface area (Å²) < 4.78 is 59.3. The van der Waals surface area contributed by atoms with E-state index in [1.54, 1.807) is 0 Å². The molecule has 0 unspecified atom stereocenters. The molecule has 6 rings (SSSR count). The Bertz CT molecular complexity index is 891. The Hall–Kier alpha value is 1.42. The zero-order valence-corrected chi connectivity index (χ0v) is 37.8. The third kappa shape index (κ3) is 2.61. The minimum Gasteiger partial charge on any atom is -0.410 e. The fraction of sp³-hybridized carbons (Fsp3) is 1.00. The van der Waals surface area contributed by atoms with E-state index in [0.717, 1.165) is 0 Å². The van der Waals surface area contributed by atoms with E-state index in [9.17, 15) is 0 Å². The Kier molecular flexibility index (Phi) is 7.06. The molecule has 0 spiro atoms. The fourth-order valence-electron chi connectivity index (χ4n) is 10.4. The fourth-order valence-corrected chi connectivity index (χ4v) is 19.9. The zero-order valence-electron chi connectivity index (χ0n) is 28.1. The molecule has 6 saturated carbocycles. The van der Waals surface area contributed by atoms with Crippen LogP contribution < -0.4 is 0 Å². The van der Waals surface area contributed by atoms with Crippen LogP contribution in [0.4, 0.5) is 0 Å². The van der Waals surface area contributed by atoms with Crippen LogP contribution in [-0.2, 0) is 35.4 Å². The topological polar surface area (TPSA) is 73.8 Å². The van der Waals surface area contributed by atoms with Crippen molar-refractivity contribution in [1.29, 1.82) is 0 Å². The van der Waals surface area contributed by atoms with Crippen molar-refractivity contribution in [3.8, 4) is 0 Å². The number of rotatable bonds is 16. The quantitative estimate of drug-likeness (QED) is 0.227. The van der Waals surface area contributed by atoms with Gasteiger partial charge >= 0.3 is 0 Å². The summed E-state index contributed by atoms with van der Waals surface area (Å²) >= 11 is 0. The predicted octanol–water partition coefficient (Wildman–Crippen LogP) is 1.96. The summed E-state index contributed by atoms with van der Waals surface area (Å²) in [6.07, 6.45) is 0. The van der Waals surface area contributed by atoms with Gasteiger partial charge in [-0.2, -0.15) is 0 Å². The normalized spacial score (nSPS) is 49.2. The third-order valence-electron chi connectivity index (χ3n) is 9.23. The van der Waals surface area contributed by atoms with Crippen LogP contribution in [0.2, 0.25) is 105 Å². The van der Waals surface area contributed by atoms with Gasteiger partial charge in [-0.3, -0.25) is 0 Å². The van der Waals surface area contributed by atoms with E-state index in [1.807, 2.05) is 0 Å². The highest BCUT2D eigenvalue weighted by Gasteiger charge is 3.46. The summed E-state index contributed by atoms with van der Waals surface area (Å²) in [6.45, 7) is 36.2. The molecular formula is C24H56O8Si8. The third-order valence-corrected chi connectivity index (χ3v) is 15.8. The molecule has 16 heteroatoms. The minimum absolute atomic E-state index is 0.784. The van der Waals surface area contributed by atoms with Crippen molar-refractivity contribution in [3.05, 3.63) is 0 Å². The van der Waals surface area contributed by atoms with Crippen LogP contribution in [0.25, 0.3) is 0 Å². The van der Waals surface area contributed by atoms with Crippen LogP contribution in [0.3, 0.4) is 0 Å². The summed E-state index contributed by atoms with van der Waals surface area (Å²) in [5.41, 5.74) is -6.49. The van der Waals surface area contributed by atoms with Gasteiger partial charge in [0.1, 0.15) is 0 Å². The van der Waals surface area contributed by atoms with Crippen LogP contribution in [0.15, 0.2) is 0 Å². The van der Waals surface area contributed by atoms with E-state index in [-0.39, 0.29) is 0 Å². The molecule has 0 atom stereocenters. The van der Waals surface area contributed by atoms with E-state index in [2.05, 4.69) is 105 Å². The van der Waals surface area contributed by atoms with Crippen molar-refractivity contribution in [2.45, 2.75) is 150 Å². The molecule has 8 nitrogen and oxygen atoms in total. The van der Waals surface area contributed by atoms with Crippen LogP contribution >= 0.6 is 0 Å². The lowest BCUT2D eigenvalue weighted by molar-refractivity contribution is -0.836. The molecule has 6 fully saturated rings. The van der Waals surface area contributed by atoms with E-state index in [0.29, 0.717) is 0 Å². The van der Waals surface area contributed by atoms with Gasteiger partial charge < -0.3 is 35.4 Å². The molecule has 0 bridgehead atoms. The highest BCUT2D eigenvalue weighted by atomic mass is 28.4. The molecule has 0 N–H and O–H groups in total. The van der Waals surface area contributed by atoms with E-state index < -0.39 is 117 Å². The zero-order chi connectivity index (χ0) is 30.5. The average Bonchev–Trinajstić information content (AvgIpc) is 2.74. The molecule has 0 radical (unpaired) electrons. The van der Waals surface area contributed by atoms with Crippen LogP contribution in [0, 0.1) is 0 Å². The van der Waals surface area contributed by atoms with Gasteiger partial charge in [-0.1, -0.05) is 26.2 Å². The van der Waals surface area contributed by atoms with Gasteiger partial charge in [0.2, 0.25) is 0 Å². The van der Waals surface area contributed by atoms with Crippen LogP contribution in [-0.4, -0.2) is 117 Å². The smallest absolute Gasteiger partial charge is 0.185 e. The van der Waals surface area contributed by atoms with E-state index in [4.69, 9.17) is 35.4 Å². The van der Waals surface area contributed by atoms with Crippen molar-refractivity contribution in [2.75, 3.05) is 0 Å². The Morgan fingerprint density at radius 1 is 0.300 bits per heavy atom. The van der Waals surface area contributed by atoms with Crippen molar-refractivity contribution in [2.24, 2.45) is 0 Å². The molecule has 0 aromatic carbocycles. The minimum atomic E-state index is -2.19. The Morgan fingerprint density at radius 3 is 0.550 bits per heavy atom. The number of hydrogen-bond donors (Lipinski definition) is 0. The molecule has 0 saturated heterocycles. The van der Waals surface area contributed by atoms with Crippen molar-refractivity contribution in [3.63, 3.8) is 0 Å². The van der Waals surface area contributed by atoms with Crippen LogP contribution in [0.5, 0.6) is 0 Å². The molecule has 40 heavy (non-hydrogen) atoms. The van der Waals surface area contributed by atoms with Gasteiger partial charge in [-0.15, -0.1) is 0 Å². The highest BCUT2D eigenvalue weighted by molar-refractivity contribution is 6.72. The lowest BCUT2D eigenvalue weighted by Gasteiger charge is -3.24. The average molecular weight is 697 g/mol.